The summed E-state index contributed by atoms with van der Waals surface area (Å²) in [5.74, 6) is -2.97. The summed E-state index contributed by atoms with van der Waals surface area (Å²) in [6.07, 6.45) is 1.91. The van der Waals surface area contributed by atoms with E-state index in [1.165, 1.54) is 64.1 Å². The van der Waals surface area contributed by atoms with Crippen molar-refractivity contribution in [3.05, 3.63) is 332 Å². The van der Waals surface area contributed by atoms with E-state index in [0.29, 0.717) is 104 Å². The summed E-state index contributed by atoms with van der Waals surface area (Å²) in [5, 5.41) is 8.75. The normalized spacial score (nSPS) is 16.4. The first-order chi connectivity index (χ1) is 65.9. The average molecular weight is 1850 g/mol. The first-order valence-electron chi connectivity index (χ1n) is 49.4. The highest BCUT2D eigenvalue weighted by molar-refractivity contribution is 6.38. The Morgan fingerprint density at radius 2 is 0.364 bits per heavy atom. The second kappa shape index (κ2) is 31.6. The predicted molar refractivity (Wildman–Crippen MR) is 568 cm³/mol. The van der Waals surface area contributed by atoms with Gasteiger partial charge in [0.05, 0.1) is 123 Å². The predicted octanol–water partition coefficient (Wildman–Crippen LogP) is 28.9. The molecule has 140 heavy (non-hydrogen) atoms. The minimum atomic E-state index is -0.447. The lowest BCUT2D eigenvalue weighted by molar-refractivity contribution is 0.0424. The van der Waals surface area contributed by atoms with E-state index in [4.69, 9.17) is 0 Å². The Hall–Kier alpha value is -14.4. The maximum atomic E-state index is 14.9. The van der Waals surface area contributed by atoms with Crippen LogP contribution in [-0.4, -0.2) is 87.4 Å². The Labute approximate surface area is 818 Å². The lowest BCUT2D eigenvalue weighted by Crippen LogP contribution is -2.47. The quantitative estimate of drug-likeness (QED) is 0.135. The Kier molecular flexibility index (Phi) is 20.7. The summed E-state index contributed by atoms with van der Waals surface area (Å²) in [7, 11) is 0. The van der Waals surface area contributed by atoms with Crippen LogP contribution in [0.3, 0.4) is 0 Å². The van der Waals surface area contributed by atoms with Gasteiger partial charge in [-0.3, -0.25) is 48.2 Å². The first kappa shape index (κ1) is 92.0. The second-order valence-corrected chi connectivity index (χ2v) is 47.8. The number of nitrogens with zero attached hydrogens (tertiary/aromatic N) is 8. The number of hydrogen-bond acceptors (Lipinski definition) is 8. The summed E-state index contributed by atoms with van der Waals surface area (Å²) < 4.78 is 8.55. The van der Waals surface area contributed by atoms with E-state index in [1.54, 1.807) is 48.5 Å². The molecule has 4 aliphatic heterocycles. The van der Waals surface area contributed by atoms with Crippen molar-refractivity contribution in [2.45, 2.75) is 247 Å². The number of aromatic nitrogens is 4. The smallest absolute Gasteiger partial charge is 0.268 e. The van der Waals surface area contributed by atoms with Gasteiger partial charge in [-0.1, -0.05) is 239 Å². The van der Waals surface area contributed by atoms with E-state index < -0.39 is 23.6 Å². The van der Waals surface area contributed by atoms with Gasteiger partial charge in [0.15, 0.2) is 0 Å². The van der Waals surface area contributed by atoms with Gasteiger partial charge in [-0.05, 0) is 283 Å². The lowest BCUT2D eigenvalue weighted by atomic mass is 9.85. The van der Waals surface area contributed by atoms with Crippen LogP contribution in [0.2, 0.25) is 0 Å². The Bertz CT molecular complexity index is 7570. The maximum Gasteiger partial charge on any atom is 0.268 e. The molecule has 16 nitrogen and oxygen atoms in total. The van der Waals surface area contributed by atoms with Crippen molar-refractivity contribution in [2.24, 2.45) is 0 Å². The number of anilines is 2. The number of benzene rings is 13. The zero-order valence-electron chi connectivity index (χ0n) is 84.9. The number of fused-ring (bicyclic) bond motifs is 16. The summed E-state index contributed by atoms with van der Waals surface area (Å²) in [4.78, 5) is 123. The number of hydrogen-bond donors (Lipinski definition) is 0. The SMILES string of the molecule is CC(C)(C)c1ccc2c(c1)c1cc(C(C)(C)C)ccc1n2-c1cccc2c1C(=O)N(C1CCC(N3C(=O)c4cccc(-n5c6ccc(C(C)(C)C)cc6c6cc(C(C)(C)C)ccc65)c4C3=O)CC1)C2=O.CC(C)(C)c1ccc2c(c1)c1cc(C(C)(C)C)ccc1n2-c1cccc2c1C(=O)N(c1ccc(N3C(=O)c4cccc(-n5c6ccc(C(C)(C)C)cc6c6cc(C(C)(C)C)ccc65)c4C3=O)cc1)C2=O. The molecule has 5 aliphatic rings. The molecule has 1 aliphatic carbocycles. The lowest BCUT2D eigenvalue weighted by Gasteiger charge is -2.36. The van der Waals surface area contributed by atoms with E-state index in [-0.39, 0.29) is 79.0 Å². The molecule has 0 unspecified atom stereocenters. The van der Waals surface area contributed by atoms with E-state index in [9.17, 15) is 38.4 Å². The number of imide groups is 4. The molecule has 0 bridgehead atoms. The highest BCUT2D eigenvalue weighted by Crippen LogP contribution is 2.50. The Morgan fingerprint density at radius 3 is 0.543 bits per heavy atom. The van der Waals surface area contributed by atoms with Gasteiger partial charge < -0.3 is 18.3 Å². The third-order valence-electron chi connectivity index (χ3n) is 30.3. The van der Waals surface area contributed by atoms with Gasteiger partial charge in [-0.2, -0.15) is 0 Å². The Morgan fingerprint density at radius 1 is 0.193 bits per heavy atom. The fourth-order valence-corrected chi connectivity index (χ4v) is 22.2. The van der Waals surface area contributed by atoms with Crippen molar-refractivity contribution in [1.82, 2.24) is 28.1 Å². The molecule has 0 saturated heterocycles. The third kappa shape index (κ3) is 14.5. The monoisotopic (exact) mass is 1850 g/mol. The van der Waals surface area contributed by atoms with Crippen LogP contribution < -0.4 is 9.80 Å². The molecule has 17 aromatic rings. The molecule has 1 fully saturated rings. The van der Waals surface area contributed by atoms with Crippen LogP contribution in [0.4, 0.5) is 11.4 Å². The Balaban J connectivity index is 0.000000166. The molecule has 1 saturated carbocycles. The molecule has 8 amide bonds. The minimum absolute atomic E-state index is 0.0656. The molecule has 0 radical (unpaired) electrons. The van der Waals surface area contributed by atoms with Gasteiger partial charge in [0.1, 0.15) is 0 Å². The fraction of sp³-hybridized carbons (Fsp3) is 0.306. The summed E-state index contributed by atoms with van der Waals surface area (Å²) >= 11 is 0. The van der Waals surface area contributed by atoms with Gasteiger partial charge in [0, 0.05) is 55.2 Å². The number of carbonyl (C=O) groups is 8. The summed E-state index contributed by atoms with van der Waals surface area (Å²) in [5.41, 5.74) is 23.0. The summed E-state index contributed by atoms with van der Waals surface area (Å²) in [6.45, 7) is 53.1. The molecule has 0 spiro atoms. The van der Waals surface area contributed by atoms with Crippen molar-refractivity contribution < 1.29 is 38.4 Å². The minimum Gasteiger partial charge on any atom is -0.308 e. The van der Waals surface area contributed by atoms with Crippen LogP contribution in [0.5, 0.6) is 0 Å². The highest BCUT2D eigenvalue weighted by Gasteiger charge is 2.49. The molecular weight excluding hydrogens is 1730 g/mol. The standard InChI is InChI=1S/C62H64N4O4.C62H58N4O4/c2*1-59(2,3)35-19-27-47-43(31-35)44-32-36(60(4,5)6)20-28-48(44)65(47)51-17-13-15-41-53(51)57(69)63(55(41)67)39-23-25-40(26-24-39)64-56(68)42-16-14-18-52(54(42)58(64)70)66-49-29-21-37(61(7,8)9)33-45(49)46-34-38(62(10,11)12)22-30-50(46)66/h13-22,27-34,39-40H,23-26H2,1-12H3;13-34H,1-12H3. The van der Waals surface area contributed by atoms with Gasteiger partial charge >= 0.3 is 0 Å². The molecule has 13 aromatic carbocycles. The van der Waals surface area contributed by atoms with Crippen molar-refractivity contribution in [3.63, 3.8) is 0 Å². The first-order valence-corrected chi connectivity index (χ1v) is 49.4. The largest absolute Gasteiger partial charge is 0.308 e. The molecule has 0 atom stereocenters. The third-order valence-corrected chi connectivity index (χ3v) is 30.3. The van der Waals surface area contributed by atoms with Gasteiger partial charge in [-0.25, -0.2) is 9.80 Å². The van der Waals surface area contributed by atoms with Crippen LogP contribution in [0.15, 0.2) is 243 Å². The van der Waals surface area contributed by atoms with Crippen LogP contribution >= 0.6 is 0 Å². The van der Waals surface area contributed by atoms with E-state index >= 15 is 0 Å². The number of amides is 8. The van der Waals surface area contributed by atoms with Gasteiger partial charge in [0.2, 0.25) is 0 Å². The molecule has 4 aromatic heterocycles. The number of rotatable bonds is 8. The van der Waals surface area contributed by atoms with Gasteiger partial charge in [0.25, 0.3) is 47.3 Å². The average Bonchev–Trinajstić information content (AvgIpc) is 1.57. The molecule has 706 valence electrons. The van der Waals surface area contributed by atoms with Crippen molar-refractivity contribution in [2.75, 3.05) is 9.80 Å². The van der Waals surface area contributed by atoms with Crippen molar-refractivity contribution >= 4 is 146 Å². The molecular formula is C124H122N8O8. The molecule has 22 rings (SSSR count). The van der Waals surface area contributed by atoms with Crippen molar-refractivity contribution in [1.29, 1.82) is 0 Å². The van der Waals surface area contributed by atoms with E-state index in [1.807, 2.05) is 48.5 Å². The maximum absolute atomic E-state index is 14.9. The van der Waals surface area contributed by atoms with E-state index in [2.05, 4.69) is 330 Å². The summed E-state index contributed by atoms with van der Waals surface area (Å²) in [6, 6.07) is 80.5. The topological polar surface area (TPSA) is 169 Å². The van der Waals surface area contributed by atoms with Crippen molar-refractivity contribution in [3.8, 4) is 22.7 Å². The molecule has 16 heteroatoms. The number of carbonyl (C=O) groups excluding carboxylic acids is 8. The zero-order chi connectivity index (χ0) is 99.4. The van der Waals surface area contributed by atoms with E-state index in [0.717, 1.165) is 87.2 Å². The van der Waals surface area contributed by atoms with Crippen LogP contribution in [0.1, 0.15) is 319 Å². The second-order valence-electron chi connectivity index (χ2n) is 47.8. The molecule has 8 heterocycles. The fourth-order valence-electron chi connectivity index (χ4n) is 22.2. The molecule has 0 N–H and O–H groups in total. The van der Waals surface area contributed by atoms with Crippen LogP contribution in [-0.2, 0) is 43.3 Å². The van der Waals surface area contributed by atoms with Gasteiger partial charge in [-0.15, -0.1) is 0 Å². The van der Waals surface area contributed by atoms with Crippen LogP contribution in [0, 0.1) is 0 Å². The highest BCUT2D eigenvalue weighted by atomic mass is 16.2. The zero-order valence-corrected chi connectivity index (χ0v) is 84.9. The van der Waals surface area contributed by atoms with Crippen LogP contribution in [0.25, 0.3) is 110 Å².